The van der Waals surface area contributed by atoms with E-state index in [1.165, 1.54) is 23.1 Å². The molecule has 5 rings (SSSR count). The standard InChI is InChI=1S/C23H24N4O4S2/c1-5-30-17(28)12-32-22-25-24-21-26(14-8-6-13(2)7-9-14)19(29)18-15-10-23(3,4)31-11-16(15)33-20(18)27(21)22/h6-9H,5,10-12H2,1-4H3. The van der Waals surface area contributed by atoms with Crippen LogP contribution in [0.15, 0.2) is 34.2 Å². The predicted molar refractivity (Wildman–Crippen MR) is 129 cm³/mol. The van der Waals surface area contributed by atoms with Gasteiger partial charge in [0, 0.05) is 11.3 Å². The highest BCUT2D eigenvalue weighted by atomic mass is 32.2. The summed E-state index contributed by atoms with van der Waals surface area (Å²) in [6.07, 6.45) is 0.643. The van der Waals surface area contributed by atoms with E-state index in [1.54, 1.807) is 11.5 Å². The van der Waals surface area contributed by atoms with Gasteiger partial charge in [0.2, 0.25) is 5.78 Å². The summed E-state index contributed by atoms with van der Waals surface area (Å²) in [5, 5.41) is 9.91. The summed E-state index contributed by atoms with van der Waals surface area (Å²) >= 11 is 2.78. The Kier molecular flexibility index (Phi) is 5.54. The largest absolute Gasteiger partial charge is 0.465 e. The van der Waals surface area contributed by atoms with Crippen LogP contribution in [0.3, 0.4) is 0 Å². The Morgan fingerprint density at radius 2 is 2.03 bits per heavy atom. The van der Waals surface area contributed by atoms with Gasteiger partial charge in [-0.25, -0.2) is 8.97 Å². The molecule has 0 fully saturated rings. The van der Waals surface area contributed by atoms with Gasteiger partial charge in [-0.15, -0.1) is 21.5 Å². The number of hydrogen-bond acceptors (Lipinski definition) is 8. The first kappa shape index (κ1) is 22.1. The van der Waals surface area contributed by atoms with Crippen molar-refractivity contribution >= 4 is 45.1 Å². The van der Waals surface area contributed by atoms with Gasteiger partial charge >= 0.3 is 5.97 Å². The molecule has 0 bridgehead atoms. The van der Waals surface area contributed by atoms with Crippen LogP contribution < -0.4 is 5.56 Å². The first-order chi connectivity index (χ1) is 15.8. The molecule has 0 amide bonds. The van der Waals surface area contributed by atoms with Gasteiger partial charge in [0.1, 0.15) is 4.83 Å². The van der Waals surface area contributed by atoms with Crippen molar-refractivity contribution in [1.29, 1.82) is 0 Å². The number of esters is 1. The number of hydrogen-bond donors (Lipinski definition) is 0. The van der Waals surface area contributed by atoms with Gasteiger partial charge in [-0.1, -0.05) is 29.5 Å². The Hall–Kier alpha value is -2.69. The van der Waals surface area contributed by atoms with Crippen LogP contribution in [-0.4, -0.2) is 43.1 Å². The highest BCUT2D eigenvalue weighted by molar-refractivity contribution is 7.99. The zero-order valence-corrected chi connectivity index (χ0v) is 20.5. The first-order valence-electron chi connectivity index (χ1n) is 10.7. The minimum atomic E-state index is -0.355. The molecule has 4 aromatic rings. The number of nitrogens with zero attached hydrogens (tertiary/aromatic N) is 4. The summed E-state index contributed by atoms with van der Waals surface area (Å²) in [5.74, 6) is 0.213. The van der Waals surface area contributed by atoms with Gasteiger partial charge in [-0.3, -0.25) is 9.59 Å². The number of ether oxygens (including phenoxy) is 2. The molecule has 0 atom stereocenters. The fourth-order valence-electron chi connectivity index (χ4n) is 4.05. The lowest BCUT2D eigenvalue weighted by atomic mass is 9.94. The summed E-state index contributed by atoms with van der Waals surface area (Å²) < 4.78 is 14.6. The number of aromatic nitrogens is 4. The van der Waals surface area contributed by atoms with Crippen molar-refractivity contribution in [3.8, 4) is 5.69 Å². The molecule has 0 N–H and O–H groups in total. The van der Waals surface area contributed by atoms with Gasteiger partial charge in [0.25, 0.3) is 5.56 Å². The van der Waals surface area contributed by atoms with E-state index in [9.17, 15) is 9.59 Å². The molecule has 0 radical (unpaired) electrons. The van der Waals surface area contributed by atoms with Crippen LogP contribution in [0.2, 0.25) is 0 Å². The monoisotopic (exact) mass is 484 g/mol. The summed E-state index contributed by atoms with van der Waals surface area (Å²) in [7, 11) is 0. The molecule has 0 saturated carbocycles. The molecular weight excluding hydrogens is 460 g/mol. The lowest BCUT2D eigenvalue weighted by Crippen LogP contribution is -2.32. The molecule has 0 spiro atoms. The zero-order chi connectivity index (χ0) is 23.3. The SMILES string of the molecule is CCOC(=O)CSc1nnc2n(-c3ccc(C)cc3)c(=O)c3c4c(sc3n12)COC(C)(C)C4. The number of aryl methyl sites for hydroxylation is 1. The highest BCUT2D eigenvalue weighted by Gasteiger charge is 2.32. The van der Waals surface area contributed by atoms with E-state index >= 15 is 0 Å². The molecule has 3 aromatic heterocycles. The van der Waals surface area contributed by atoms with Crippen molar-refractivity contribution in [2.45, 2.75) is 51.5 Å². The van der Waals surface area contributed by atoms with Gasteiger partial charge in [-0.2, -0.15) is 0 Å². The van der Waals surface area contributed by atoms with Gasteiger partial charge < -0.3 is 9.47 Å². The van der Waals surface area contributed by atoms with E-state index in [0.29, 0.717) is 36.0 Å². The number of fused-ring (bicyclic) bond motifs is 5. The lowest BCUT2D eigenvalue weighted by molar-refractivity contribution is -0.139. The summed E-state index contributed by atoms with van der Waals surface area (Å²) in [6, 6.07) is 7.76. The molecule has 0 saturated heterocycles. The molecule has 0 aliphatic carbocycles. The summed E-state index contributed by atoms with van der Waals surface area (Å²) in [4.78, 5) is 27.7. The number of carbonyl (C=O) groups is 1. The number of rotatable bonds is 5. The van der Waals surface area contributed by atoms with Crippen molar-refractivity contribution in [2.24, 2.45) is 0 Å². The van der Waals surface area contributed by atoms with Crippen LogP contribution in [0, 0.1) is 6.92 Å². The van der Waals surface area contributed by atoms with Crippen molar-refractivity contribution in [3.05, 3.63) is 50.6 Å². The Balaban J connectivity index is 1.78. The number of thioether (sulfide) groups is 1. The molecule has 4 heterocycles. The van der Waals surface area contributed by atoms with E-state index in [-0.39, 0.29) is 22.9 Å². The molecule has 10 heteroatoms. The maximum absolute atomic E-state index is 13.9. The van der Waals surface area contributed by atoms with Crippen LogP contribution in [0.1, 0.15) is 36.8 Å². The Labute approximate surface area is 198 Å². The second-order valence-electron chi connectivity index (χ2n) is 8.60. The zero-order valence-electron chi connectivity index (χ0n) is 18.9. The number of carbonyl (C=O) groups excluding carboxylic acids is 1. The third-order valence-corrected chi connectivity index (χ3v) is 7.71. The maximum Gasteiger partial charge on any atom is 0.316 e. The molecule has 8 nitrogen and oxygen atoms in total. The van der Waals surface area contributed by atoms with E-state index in [1.807, 2.05) is 49.4 Å². The minimum Gasteiger partial charge on any atom is -0.465 e. The molecule has 0 unspecified atom stereocenters. The first-order valence-corrected chi connectivity index (χ1v) is 12.5. The van der Waals surface area contributed by atoms with Crippen molar-refractivity contribution < 1.29 is 14.3 Å². The topological polar surface area (TPSA) is 87.7 Å². The molecule has 33 heavy (non-hydrogen) atoms. The lowest BCUT2D eigenvalue weighted by Gasteiger charge is -2.29. The normalized spacial score (nSPS) is 15.2. The maximum atomic E-state index is 13.9. The second kappa shape index (κ2) is 8.27. The Morgan fingerprint density at radius 1 is 1.27 bits per heavy atom. The molecule has 172 valence electrons. The van der Waals surface area contributed by atoms with Crippen LogP contribution in [0.25, 0.3) is 21.7 Å². The second-order valence-corrected chi connectivity index (χ2v) is 10.6. The molecule has 1 aliphatic heterocycles. The van der Waals surface area contributed by atoms with E-state index in [4.69, 9.17) is 9.47 Å². The average Bonchev–Trinajstić information content (AvgIpc) is 3.34. The third kappa shape index (κ3) is 3.85. The molecular formula is C23H24N4O4S2. The summed E-state index contributed by atoms with van der Waals surface area (Å²) in [5.41, 5.74) is 2.37. The fraction of sp³-hybridized carbons (Fsp3) is 0.391. The van der Waals surface area contributed by atoms with Crippen LogP contribution in [-0.2, 0) is 27.3 Å². The minimum absolute atomic E-state index is 0.112. The average molecular weight is 485 g/mol. The Bertz CT molecular complexity index is 1430. The fourth-order valence-corrected chi connectivity index (χ4v) is 6.06. The van der Waals surface area contributed by atoms with Crippen molar-refractivity contribution in [3.63, 3.8) is 0 Å². The quantitative estimate of drug-likeness (QED) is 0.313. The van der Waals surface area contributed by atoms with E-state index in [0.717, 1.165) is 26.5 Å². The van der Waals surface area contributed by atoms with Crippen molar-refractivity contribution in [2.75, 3.05) is 12.4 Å². The van der Waals surface area contributed by atoms with Gasteiger partial charge in [-0.05, 0) is 45.4 Å². The predicted octanol–water partition coefficient (Wildman–Crippen LogP) is 3.91. The highest BCUT2D eigenvalue weighted by Crippen LogP contribution is 2.39. The number of benzene rings is 1. The van der Waals surface area contributed by atoms with Gasteiger partial charge in [0.05, 0.1) is 35.6 Å². The van der Waals surface area contributed by atoms with E-state index < -0.39 is 0 Å². The smallest absolute Gasteiger partial charge is 0.316 e. The van der Waals surface area contributed by atoms with Crippen LogP contribution >= 0.6 is 23.1 Å². The van der Waals surface area contributed by atoms with Gasteiger partial charge in [0.15, 0.2) is 5.16 Å². The van der Waals surface area contributed by atoms with Crippen LogP contribution in [0.4, 0.5) is 0 Å². The Morgan fingerprint density at radius 3 is 2.76 bits per heavy atom. The van der Waals surface area contributed by atoms with Crippen molar-refractivity contribution in [1.82, 2.24) is 19.2 Å². The van der Waals surface area contributed by atoms with Crippen LogP contribution in [0.5, 0.6) is 0 Å². The molecule has 1 aliphatic rings. The molecule has 1 aromatic carbocycles. The van der Waals surface area contributed by atoms with E-state index in [2.05, 4.69) is 10.2 Å². The third-order valence-electron chi connectivity index (χ3n) is 5.62. The summed E-state index contributed by atoms with van der Waals surface area (Å²) in [6.45, 7) is 8.64. The number of thiophene rings is 1.